The number of hydrogen-bond acceptors (Lipinski definition) is 7. The van der Waals surface area contributed by atoms with E-state index in [-0.39, 0.29) is 44.4 Å². The van der Waals surface area contributed by atoms with Crippen molar-refractivity contribution in [2.45, 2.75) is 31.7 Å². The van der Waals surface area contributed by atoms with Crippen molar-refractivity contribution >= 4 is 40.7 Å². The number of phenolic OH excluding ortho intramolecular Hbond substituents is 1. The highest BCUT2D eigenvalue weighted by Gasteiger charge is 2.44. The summed E-state index contributed by atoms with van der Waals surface area (Å²) in [5, 5.41) is 17.4. The second-order valence-corrected chi connectivity index (χ2v) is 11.6. The molecule has 2 N–H and O–H groups in total. The number of fused-ring (bicyclic) bond motifs is 1. The topological polar surface area (TPSA) is 109 Å². The molecule has 0 radical (unpaired) electrons. The Morgan fingerprint density at radius 2 is 1.83 bits per heavy atom. The van der Waals surface area contributed by atoms with E-state index in [9.17, 15) is 19.5 Å². The molecule has 238 valence electrons. The molecule has 0 aliphatic carbocycles. The third-order valence-corrected chi connectivity index (χ3v) is 8.51. The van der Waals surface area contributed by atoms with E-state index in [2.05, 4.69) is 16.9 Å². The molecule has 1 aliphatic rings. The quantitative estimate of drug-likeness (QED) is 0.132. The van der Waals surface area contributed by atoms with Crippen LogP contribution in [0.2, 0.25) is 5.02 Å². The lowest BCUT2D eigenvalue weighted by molar-refractivity contribution is -0.159. The second-order valence-electron chi connectivity index (χ2n) is 11.2. The molecule has 5 rings (SSSR count). The highest BCUT2D eigenvalue weighted by molar-refractivity contribution is 6.35. The van der Waals surface area contributed by atoms with Crippen LogP contribution in [-0.2, 0) is 29.1 Å². The number of phenols is 1. The van der Waals surface area contributed by atoms with E-state index in [0.29, 0.717) is 17.0 Å². The molecule has 10 nitrogen and oxygen atoms in total. The van der Waals surface area contributed by atoms with Crippen molar-refractivity contribution in [1.29, 1.82) is 0 Å². The van der Waals surface area contributed by atoms with Gasteiger partial charge in [0.1, 0.15) is 18.2 Å². The second kappa shape index (κ2) is 15.0. The van der Waals surface area contributed by atoms with E-state index in [1.54, 1.807) is 52.5 Å². The standard InChI is InChI=1S/C35H37ClN6O4/c1-3-18-41(19-20-43)42(35(46)38-22-26-8-5-4-6-9-26)32-24-40(23-27-13-16-30(36)29-10-7-17-37-33(27)29)34(45)31(39(32)2)21-25-11-14-28(44)15-12-25/h3-17,20,31-32,44H,1,18-19,21-24H2,2H3,(H,38,46)/t31-,32?/m0/s1. The number of urea groups is 1. The molecule has 1 saturated heterocycles. The summed E-state index contributed by atoms with van der Waals surface area (Å²) in [5.74, 6) is 0.00467. The number of aldehydes is 1. The lowest BCUT2D eigenvalue weighted by atomic mass is 9.99. The van der Waals surface area contributed by atoms with Crippen LogP contribution in [0.5, 0.6) is 5.75 Å². The van der Waals surface area contributed by atoms with Crippen molar-refractivity contribution in [3.05, 3.63) is 119 Å². The Morgan fingerprint density at radius 3 is 2.54 bits per heavy atom. The number of nitrogens with zero attached hydrogens (tertiary/aromatic N) is 5. The summed E-state index contributed by atoms with van der Waals surface area (Å²) in [6, 6.07) is 22.6. The number of aromatic nitrogens is 1. The number of halogens is 1. The number of pyridine rings is 1. The normalized spacial score (nSPS) is 16.8. The van der Waals surface area contributed by atoms with Crippen molar-refractivity contribution in [2.75, 3.05) is 26.7 Å². The molecule has 1 fully saturated rings. The highest BCUT2D eigenvalue weighted by Crippen LogP contribution is 2.29. The lowest BCUT2D eigenvalue weighted by Gasteiger charge is -2.50. The zero-order valence-corrected chi connectivity index (χ0v) is 26.4. The Kier molecular flexibility index (Phi) is 10.6. The number of carbonyl (C=O) groups is 3. The van der Waals surface area contributed by atoms with Crippen LogP contribution in [0, 0.1) is 0 Å². The van der Waals surface area contributed by atoms with Crippen LogP contribution in [0.3, 0.4) is 0 Å². The van der Waals surface area contributed by atoms with Crippen LogP contribution in [0.25, 0.3) is 10.9 Å². The number of carbonyl (C=O) groups excluding carboxylic acids is 3. The molecule has 2 heterocycles. The Morgan fingerprint density at radius 1 is 1.07 bits per heavy atom. The first-order chi connectivity index (χ1) is 22.3. The number of aromatic hydroxyl groups is 1. The average Bonchev–Trinajstić information content (AvgIpc) is 3.07. The molecule has 2 atom stereocenters. The summed E-state index contributed by atoms with van der Waals surface area (Å²) in [7, 11) is 1.81. The zero-order valence-electron chi connectivity index (χ0n) is 25.6. The van der Waals surface area contributed by atoms with Gasteiger partial charge in [0.2, 0.25) is 5.91 Å². The van der Waals surface area contributed by atoms with Gasteiger partial charge in [-0.1, -0.05) is 66.2 Å². The van der Waals surface area contributed by atoms with Gasteiger partial charge in [0, 0.05) is 36.2 Å². The van der Waals surface area contributed by atoms with Gasteiger partial charge in [-0.3, -0.25) is 14.7 Å². The van der Waals surface area contributed by atoms with E-state index in [1.807, 2.05) is 60.5 Å². The van der Waals surface area contributed by atoms with Crippen LogP contribution < -0.4 is 5.32 Å². The Hall–Kier alpha value is -4.77. The molecule has 0 saturated carbocycles. The zero-order chi connectivity index (χ0) is 32.6. The number of likely N-dealkylation sites (N-methyl/N-ethyl adjacent to an activating group) is 1. The molecule has 3 amide bonds. The summed E-state index contributed by atoms with van der Waals surface area (Å²) >= 11 is 6.47. The minimum absolute atomic E-state index is 0.0581. The van der Waals surface area contributed by atoms with Crippen LogP contribution in [0.1, 0.15) is 16.7 Å². The van der Waals surface area contributed by atoms with Gasteiger partial charge in [0.25, 0.3) is 0 Å². The van der Waals surface area contributed by atoms with Crippen LogP contribution in [-0.4, -0.2) is 87.0 Å². The van der Waals surface area contributed by atoms with Crippen molar-refractivity contribution in [1.82, 2.24) is 30.1 Å². The maximum Gasteiger partial charge on any atom is 0.333 e. The maximum atomic E-state index is 14.3. The van der Waals surface area contributed by atoms with Crippen molar-refractivity contribution in [3.63, 3.8) is 0 Å². The fourth-order valence-corrected chi connectivity index (χ4v) is 6.02. The Bertz CT molecular complexity index is 1680. The minimum Gasteiger partial charge on any atom is -0.508 e. The molecule has 11 heteroatoms. The first-order valence-electron chi connectivity index (χ1n) is 15.0. The summed E-state index contributed by atoms with van der Waals surface area (Å²) in [6.07, 6.45) is 3.74. The van der Waals surface area contributed by atoms with Crippen LogP contribution >= 0.6 is 11.6 Å². The van der Waals surface area contributed by atoms with Gasteiger partial charge >= 0.3 is 6.03 Å². The van der Waals surface area contributed by atoms with Gasteiger partial charge in [-0.25, -0.2) is 14.8 Å². The fraction of sp³-hybridized carbons (Fsp3) is 0.257. The lowest BCUT2D eigenvalue weighted by Crippen LogP contribution is -2.70. The maximum absolute atomic E-state index is 14.3. The molecular weight excluding hydrogens is 604 g/mol. The van der Waals surface area contributed by atoms with Gasteiger partial charge in [0.15, 0.2) is 0 Å². The fourth-order valence-electron chi connectivity index (χ4n) is 5.81. The highest BCUT2D eigenvalue weighted by atomic mass is 35.5. The van der Waals surface area contributed by atoms with E-state index in [4.69, 9.17) is 11.6 Å². The molecule has 0 spiro atoms. The first kappa shape index (κ1) is 32.6. The van der Waals surface area contributed by atoms with Gasteiger partial charge in [-0.15, -0.1) is 6.58 Å². The van der Waals surface area contributed by atoms with E-state index in [1.165, 1.54) is 5.01 Å². The first-order valence-corrected chi connectivity index (χ1v) is 15.4. The van der Waals surface area contributed by atoms with Gasteiger partial charge in [0.05, 0.1) is 24.6 Å². The van der Waals surface area contributed by atoms with Gasteiger partial charge in [-0.05, 0) is 60.5 Å². The van der Waals surface area contributed by atoms with E-state index < -0.39 is 18.2 Å². The summed E-state index contributed by atoms with van der Waals surface area (Å²) in [5.41, 5.74) is 3.27. The van der Waals surface area contributed by atoms with Crippen LogP contribution in [0.15, 0.2) is 97.7 Å². The molecule has 1 unspecified atom stereocenters. The predicted molar refractivity (Wildman–Crippen MR) is 178 cm³/mol. The average molecular weight is 641 g/mol. The van der Waals surface area contributed by atoms with Crippen molar-refractivity contribution in [2.24, 2.45) is 0 Å². The Balaban J connectivity index is 1.53. The number of hydrazine groups is 1. The number of benzene rings is 3. The predicted octanol–water partition coefficient (Wildman–Crippen LogP) is 4.62. The van der Waals surface area contributed by atoms with Crippen LogP contribution in [0.4, 0.5) is 4.79 Å². The third kappa shape index (κ3) is 7.37. The molecule has 1 aromatic heterocycles. The van der Waals surface area contributed by atoms with Crippen molar-refractivity contribution in [3.8, 4) is 5.75 Å². The molecular formula is C35H37ClN6O4. The van der Waals surface area contributed by atoms with E-state index >= 15 is 0 Å². The monoisotopic (exact) mass is 640 g/mol. The third-order valence-electron chi connectivity index (χ3n) is 8.18. The smallest absolute Gasteiger partial charge is 0.333 e. The van der Waals surface area contributed by atoms with Gasteiger partial charge in [-0.2, -0.15) is 0 Å². The van der Waals surface area contributed by atoms with Gasteiger partial charge < -0.3 is 20.1 Å². The molecule has 3 aromatic carbocycles. The molecule has 0 bridgehead atoms. The van der Waals surface area contributed by atoms with Crippen molar-refractivity contribution < 1.29 is 19.5 Å². The summed E-state index contributed by atoms with van der Waals surface area (Å²) < 4.78 is 0. The number of hydrogen-bond donors (Lipinski definition) is 2. The SMILES string of the molecule is C=CCN(CC=O)N(C(=O)NCc1ccccc1)C1CN(Cc2ccc(Cl)c3cccnc23)C(=O)[C@H](Cc2ccc(O)cc2)N1C. The number of nitrogens with one attached hydrogen (secondary N) is 1. The largest absolute Gasteiger partial charge is 0.508 e. The van der Waals surface area contributed by atoms with E-state index in [0.717, 1.165) is 28.4 Å². The molecule has 1 aliphatic heterocycles. The number of rotatable bonds is 12. The number of piperazine rings is 1. The molecule has 46 heavy (non-hydrogen) atoms. The minimum atomic E-state index is -0.666. The summed E-state index contributed by atoms with van der Waals surface area (Å²) in [4.78, 5) is 48.4. The Labute approximate surface area is 273 Å². The summed E-state index contributed by atoms with van der Waals surface area (Å²) in [6.45, 7) is 4.68. The number of amides is 3. The molecule has 4 aromatic rings.